The molecule has 2 atom stereocenters. The third-order valence-electron chi connectivity index (χ3n) is 30.2. The molecule has 0 aromatic heterocycles. The van der Waals surface area contributed by atoms with Crippen LogP contribution in [-0.4, -0.2) is 40.9 Å². The number of Topliss-reactive ketones (excluding diaryl/α,β-unsaturated/α-hetero) is 2. The summed E-state index contributed by atoms with van der Waals surface area (Å²) in [5.41, 5.74) is 20.9. The molecule has 1 N–H and O–H groups in total. The lowest BCUT2D eigenvalue weighted by molar-refractivity contribution is -0.126. The van der Waals surface area contributed by atoms with Crippen molar-refractivity contribution in [3.05, 3.63) is 235 Å². The van der Waals surface area contributed by atoms with E-state index >= 15 is 0 Å². The van der Waals surface area contributed by atoms with E-state index in [1.54, 1.807) is 24.3 Å². The van der Waals surface area contributed by atoms with Gasteiger partial charge in [0.05, 0.1) is 6.04 Å². The van der Waals surface area contributed by atoms with Crippen LogP contribution in [0.1, 0.15) is 517 Å². The Morgan fingerprint density at radius 3 is 0.754 bits per heavy atom. The van der Waals surface area contributed by atoms with Crippen molar-refractivity contribution in [2.24, 2.45) is 27.6 Å². The molecule has 770 valence electrons. The number of nitrogens with one attached hydrogen (secondary N) is 1. The summed E-state index contributed by atoms with van der Waals surface area (Å²) in [5.74, 6) is 0.105. The summed E-state index contributed by atoms with van der Waals surface area (Å²) < 4.78 is 0. The molecule has 0 spiro atoms. The molecule has 4 aliphatic carbocycles. The third-order valence-corrected chi connectivity index (χ3v) is 30.2. The van der Waals surface area contributed by atoms with Gasteiger partial charge >= 0.3 is 0 Å². The van der Waals surface area contributed by atoms with E-state index in [1.807, 2.05) is 76.3 Å². The van der Waals surface area contributed by atoms with Crippen LogP contribution in [0.5, 0.6) is 0 Å². The third kappa shape index (κ3) is 57.1. The number of amides is 1. The van der Waals surface area contributed by atoms with Crippen molar-refractivity contribution in [2.45, 2.75) is 523 Å². The first kappa shape index (κ1) is 123. The van der Waals surface area contributed by atoms with Crippen LogP contribution in [0.3, 0.4) is 0 Å². The minimum Gasteiger partial charge on any atom is -0.343 e. The highest BCUT2D eigenvalue weighted by molar-refractivity contribution is 5.95. The Balaban J connectivity index is 1.01. The van der Waals surface area contributed by atoms with Crippen LogP contribution >= 0.6 is 0 Å². The van der Waals surface area contributed by atoms with Gasteiger partial charge in [0.1, 0.15) is 5.78 Å². The lowest BCUT2D eigenvalue weighted by Crippen LogP contribution is -2.40. The second kappa shape index (κ2) is 72.0. The van der Waals surface area contributed by atoms with Crippen molar-refractivity contribution < 1.29 is 28.8 Å². The lowest BCUT2D eigenvalue weighted by Gasteiger charge is -2.33. The van der Waals surface area contributed by atoms with Crippen molar-refractivity contribution in [2.75, 3.05) is 0 Å². The molecule has 138 heavy (non-hydrogen) atoms. The first-order chi connectivity index (χ1) is 66.0. The van der Waals surface area contributed by atoms with Gasteiger partial charge < -0.3 is 5.32 Å². The molecule has 1 amide bonds. The number of carbonyl (C=O) groups is 6. The van der Waals surface area contributed by atoms with Crippen LogP contribution in [-0.2, 0) is 28.8 Å². The molecule has 2 unspecified atom stereocenters. The van der Waals surface area contributed by atoms with Gasteiger partial charge in [-0.05, 0) is 283 Å². The van der Waals surface area contributed by atoms with Gasteiger partial charge in [-0.25, -0.2) is 0 Å². The molecule has 0 aliphatic heterocycles. The summed E-state index contributed by atoms with van der Waals surface area (Å²) in [6, 6.07) is -0.534. The number of ketones is 5. The molecular formula is C131H205NO6. The van der Waals surface area contributed by atoms with E-state index in [0.29, 0.717) is 38.5 Å². The smallest absolute Gasteiger partial charge is 0.244 e. The fourth-order valence-corrected chi connectivity index (χ4v) is 21.4. The molecule has 4 rings (SSSR count). The molecule has 0 saturated heterocycles. The molecule has 7 heteroatoms. The van der Waals surface area contributed by atoms with E-state index in [4.69, 9.17) is 0 Å². The van der Waals surface area contributed by atoms with Gasteiger partial charge in [-0.3, -0.25) is 28.8 Å². The maximum atomic E-state index is 13.9. The van der Waals surface area contributed by atoms with Crippen LogP contribution in [0, 0.1) is 27.6 Å². The maximum absolute atomic E-state index is 13.9. The zero-order valence-electron chi connectivity index (χ0n) is 92.7. The predicted molar refractivity (Wildman–Crippen MR) is 602 cm³/mol. The average molecular weight is 1890 g/mol. The highest BCUT2D eigenvalue weighted by Crippen LogP contribution is 2.45. The van der Waals surface area contributed by atoms with Crippen molar-refractivity contribution in [1.82, 2.24) is 5.32 Å². The summed E-state index contributed by atoms with van der Waals surface area (Å²) in [5, 5.41) is 3.11. The van der Waals surface area contributed by atoms with Crippen molar-refractivity contribution >= 4 is 34.8 Å². The number of carbonyl (C=O) groups excluding carboxylic acids is 6. The van der Waals surface area contributed by atoms with E-state index in [2.05, 4.69) is 189 Å². The minimum absolute atomic E-state index is 0.0181. The standard InChI is InChI=1S/C131H205NO6/c1-104(87-91-120-112(9)77-65-95-128(120,13)14)69-61-73-108(5)99-117(133)82-56-53-55-81-116(103-119(135)101-110(7)75-63-71-106(3)89-93-122-114(11)79-67-97-130(122,17)18)125(136)85-59-51-49-47-45-43-41-39-37-35-33-31-29-27-25-23-21-22-24-26-28-30-32-34-36-38-40-42-44-46-48-50-52-60-86-126(137)124(132-127(138)102-111(8)76-64-72-107(4)90-94-123-115(12)80-68-98-131(123,19)20)84-58-54-57-83-118(134)100-109(6)74-62-70-105(2)88-92-121-113(10)78-66-96-129(121,15)16/h61-64,69-76,87-94,99-102,116,124H,21-60,65-68,77-86,95-98,103H2,1-20H3,(H,132,138)/b73-61+,74-62+,75-63+,76-64+,91-87+,92-88+,93-89+,94-90+,104-69+,105-70+,106-71+,107-72+,108-99+,109-100+,110-101+,111-102+. The number of hydrogen-bond acceptors (Lipinski definition) is 6. The molecule has 0 bridgehead atoms. The van der Waals surface area contributed by atoms with Crippen LogP contribution in [0.2, 0.25) is 0 Å². The predicted octanol–water partition coefficient (Wildman–Crippen LogP) is 39.4. The molecule has 0 heterocycles. The fourth-order valence-electron chi connectivity index (χ4n) is 21.4. The van der Waals surface area contributed by atoms with E-state index in [0.717, 1.165) is 98.5 Å². The number of unbranched alkanes of at least 4 members (excludes halogenated alkanes) is 37. The molecule has 0 radical (unpaired) electrons. The van der Waals surface area contributed by atoms with Gasteiger partial charge in [-0.1, -0.05) is 453 Å². The number of hydrogen-bond donors (Lipinski definition) is 1. The van der Waals surface area contributed by atoms with E-state index in [9.17, 15) is 28.8 Å². The molecule has 0 aromatic carbocycles. The molecule has 7 nitrogen and oxygen atoms in total. The summed E-state index contributed by atoms with van der Waals surface area (Å²) in [6.45, 7) is 44.2. The fraction of sp³-hybridized carbons (Fsp3) is 0.649. The Labute approximate surface area is 849 Å². The lowest BCUT2D eigenvalue weighted by atomic mass is 9.72. The van der Waals surface area contributed by atoms with Gasteiger partial charge in [0.15, 0.2) is 23.1 Å². The van der Waals surface area contributed by atoms with Gasteiger partial charge in [0.2, 0.25) is 5.91 Å². The second-order valence-electron chi connectivity index (χ2n) is 45.7. The van der Waals surface area contributed by atoms with Crippen LogP contribution in [0.4, 0.5) is 0 Å². The molecule has 0 fully saturated rings. The zero-order chi connectivity index (χ0) is 101. The first-order valence-corrected chi connectivity index (χ1v) is 56.6. The Kier molecular flexibility index (Phi) is 64.1. The minimum atomic E-state index is -0.534. The average Bonchev–Trinajstić information content (AvgIpc) is 0.834. The molecule has 4 aliphatic rings. The van der Waals surface area contributed by atoms with Crippen LogP contribution in [0.15, 0.2) is 235 Å². The summed E-state index contributed by atoms with van der Waals surface area (Å²) >= 11 is 0. The Bertz CT molecular complexity index is 4060. The van der Waals surface area contributed by atoms with Gasteiger partial charge in [-0.15, -0.1) is 0 Å². The SMILES string of the molecule is CC1=C(/C=C/C(C)=C/C=C/C(C)=C/C(=O)CCCCCC(CC(=O)/C=C(C)/C=C/C=C(C)/C=C/C2=C(C)CCCC2(C)C)C(=O)CCCCCCCCCCCCCCCCCCCCCCCCCCCCCCCCCCCCC(=O)C(CCCCCC(=O)/C=C(C)/C=C/C=C(C)/C=C/C2=C(C)CCCC2(C)C)NC(=O)/C=C(C)/C=C/C=C(C)/C=C/C2=C(C)CCCC2(C)C)C(C)(C)CCC1. The van der Waals surface area contributed by atoms with Crippen LogP contribution < -0.4 is 5.32 Å². The number of rotatable bonds is 74. The highest BCUT2D eigenvalue weighted by atomic mass is 16.2. The normalized spacial score (nSPS) is 18.1. The Morgan fingerprint density at radius 1 is 0.261 bits per heavy atom. The van der Waals surface area contributed by atoms with E-state index in [1.165, 1.54) is 325 Å². The molecular weight excluding hydrogens is 1680 g/mol. The summed E-state index contributed by atoms with van der Waals surface area (Å²) in [4.78, 5) is 81.0. The van der Waals surface area contributed by atoms with Gasteiger partial charge in [0.25, 0.3) is 0 Å². The summed E-state index contributed by atoms with van der Waals surface area (Å²) in [6.07, 6.45) is 117. The summed E-state index contributed by atoms with van der Waals surface area (Å²) in [7, 11) is 0. The first-order valence-electron chi connectivity index (χ1n) is 56.6. The van der Waals surface area contributed by atoms with Crippen LogP contribution in [0.25, 0.3) is 0 Å². The van der Waals surface area contributed by atoms with Crippen molar-refractivity contribution in [3.63, 3.8) is 0 Å². The van der Waals surface area contributed by atoms with Crippen molar-refractivity contribution in [1.29, 1.82) is 0 Å². The Hall–Kier alpha value is -7.38. The largest absolute Gasteiger partial charge is 0.343 e. The topological polar surface area (TPSA) is 114 Å². The van der Waals surface area contributed by atoms with E-state index in [-0.39, 0.29) is 68.8 Å². The highest BCUT2D eigenvalue weighted by Gasteiger charge is 2.31. The van der Waals surface area contributed by atoms with E-state index < -0.39 is 6.04 Å². The molecule has 0 saturated carbocycles. The zero-order valence-corrected chi connectivity index (χ0v) is 92.7. The van der Waals surface area contributed by atoms with Gasteiger partial charge in [-0.2, -0.15) is 0 Å². The second-order valence-corrected chi connectivity index (χ2v) is 45.7. The molecule has 0 aromatic rings. The number of allylic oxidation sites excluding steroid dienone is 39. The van der Waals surface area contributed by atoms with Gasteiger partial charge in [0, 0.05) is 44.1 Å². The Morgan fingerprint density at radius 2 is 0.486 bits per heavy atom. The maximum Gasteiger partial charge on any atom is 0.244 e. The monoisotopic (exact) mass is 1890 g/mol. The quantitative estimate of drug-likeness (QED) is 0.0369. The van der Waals surface area contributed by atoms with Crippen molar-refractivity contribution in [3.8, 4) is 0 Å².